The third-order valence-corrected chi connectivity index (χ3v) is 9.48. The highest BCUT2D eigenvalue weighted by atomic mass is 16.5. The Kier molecular flexibility index (Phi) is 7.69. The summed E-state index contributed by atoms with van der Waals surface area (Å²) in [6, 6.07) is 17.4. The number of fused-ring (bicyclic) bond motifs is 3. The second kappa shape index (κ2) is 11.4. The molecule has 7 heteroatoms. The van der Waals surface area contributed by atoms with Gasteiger partial charge >= 0.3 is 7.12 Å². The number of hydrogen-bond acceptors (Lipinski definition) is 5. The van der Waals surface area contributed by atoms with Crippen molar-refractivity contribution in [1.82, 2.24) is 4.90 Å². The lowest BCUT2D eigenvalue weighted by Gasteiger charge is -2.42. The van der Waals surface area contributed by atoms with Crippen molar-refractivity contribution in [3.05, 3.63) is 76.9 Å². The van der Waals surface area contributed by atoms with E-state index in [1.807, 2.05) is 30.3 Å². The minimum absolute atomic E-state index is 0.000951. The predicted molar refractivity (Wildman–Crippen MR) is 156 cm³/mol. The Morgan fingerprint density at radius 3 is 2.45 bits per heavy atom. The van der Waals surface area contributed by atoms with Crippen LogP contribution in [0.25, 0.3) is 11.6 Å². The Hall–Kier alpha value is -3.16. The third kappa shape index (κ3) is 5.17. The second-order valence-corrected chi connectivity index (χ2v) is 12.0. The van der Waals surface area contributed by atoms with Crippen LogP contribution in [-0.2, 0) is 14.2 Å². The molecule has 2 N–H and O–H groups in total. The number of aromatic hydroxyl groups is 1. The van der Waals surface area contributed by atoms with E-state index in [1.54, 1.807) is 17.0 Å². The van der Waals surface area contributed by atoms with E-state index >= 15 is 0 Å². The maximum absolute atomic E-state index is 13.8. The Morgan fingerprint density at radius 2 is 1.73 bits per heavy atom. The second-order valence-electron chi connectivity index (χ2n) is 12.0. The van der Waals surface area contributed by atoms with Gasteiger partial charge in [0.15, 0.2) is 0 Å². The van der Waals surface area contributed by atoms with Crippen LogP contribution < -0.4 is 0 Å². The summed E-state index contributed by atoms with van der Waals surface area (Å²) in [5.74, 6) is -0.672. The van der Waals surface area contributed by atoms with Crippen LogP contribution in [0.15, 0.2) is 65.7 Å². The molecule has 2 amide bonds. The zero-order valence-electron chi connectivity index (χ0n) is 23.2. The molecule has 0 unspecified atom stereocenters. The molecular weight excluding hydrogens is 501 g/mol. The topological polar surface area (TPSA) is 87.1 Å². The fraction of sp³-hybridized carbons (Fsp3) is 0.455. The van der Waals surface area contributed by atoms with Crippen molar-refractivity contribution < 1.29 is 24.4 Å². The van der Waals surface area contributed by atoms with Crippen molar-refractivity contribution in [3.8, 4) is 5.75 Å². The van der Waals surface area contributed by atoms with Crippen LogP contribution in [0.4, 0.5) is 0 Å². The number of rotatable bonds is 6. The number of imide groups is 1. The van der Waals surface area contributed by atoms with Gasteiger partial charge in [0.25, 0.3) is 0 Å². The number of likely N-dealkylation sites (tertiary alicyclic amines) is 1. The minimum atomic E-state index is -0.960. The first kappa shape index (κ1) is 27.0. The molecule has 40 heavy (non-hydrogen) atoms. The van der Waals surface area contributed by atoms with Crippen molar-refractivity contribution in [3.63, 3.8) is 0 Å². The van der Waals surface area contributed by atoms with Crippen molar-refractivity contribution in [2.75, 3.05) is 0 Å². The SMILES string of the molecule is CC1=C2[C@@H](CC/C(=C/c3ccc(O)cc3)c3ccccc3)OB(O)C[C@@H]2[C@@H]2C(=O)N(C3CCCCC3)C(=O)[C@@H]2C1. The molecule has 0 aromatic heterocycles. The molecule has 2 aliphatic carbocycles. The Labute approximate surface area is 236 Å². The van der Waals surface area contributed by atoms with Gasteiger partial charge in [-0.2, -0.15) is 0 Å². The standard InChI is InChI=1S/C33H38BNO5/c1-21-18-27-31(33(38)35(32(27)37)25-10-6-3-7-11-25)28-20-34(39)40-29(30(21)28)17-14-24(23-8-4-2-5-9-23)19-22-12-15-26(36)16-13-22/h2,4-5,8-9,12-13,15-16,19,25,27-29,31,36,39H,3,6-7,10-11,14,17-18,20H2,1H3/b24-19-/t27-,28+,29-,31-/m1/s1. The van der Waals surface area contributed by atoms with Crippen LogP contribution >= 0.6 is 0 Å². The van der Waals surface area contributed by atoms with Gasteiger partial charge in [0.1, 0.15) is 5.75 Å². The molecular formula is C33H38BNO5. The van der Waals surface area contributed by atoms with Gasteiger partial charge in [0, 0.05) is 6.04 Å². The van der Waals surface area contributed by atoms with Crippen molar-refractivity contribution in [1.29, 1.82) is 0 Å². The molecule has 2 heterocycles. The largest absolute Gasteiger partial charge is 0.508 e. The fourth-order valence-electron chi connectivity index (χ4n) is 7.65. The summed E-state index contributed by atoms with van der Waals surface area (Å²) >= 11 is 0. The van der Waals surface area contributed by atoms with E-state index < -0.39 is 13.0 Å². The maximum Gasteiger partial charge on any atom is 0.455 e. The maximum atomic E-state index is 13.8. The molecule has 6 rings (SSSR count). The van der Waals surface area contributed by atoms with E-state index in [0.717, 1.165) is 53.5 Å². The summed E-state index contributed by atoms with van der Waals surface area (Å²) in [5, 5.41) is 20.6. The molecule has 2 aliphatic heterocycles. The highest BCUT2D eigenvalue weighted by Crippen LogP contribution is 2.51. The number of nitrogens with zero attached hydrogens (tertiary/aromatic N) is 1. The number of phenols is 1. The van der Waals surface area contributed by atoms with Crippen LogP contribution in [0.3, 0.4) is 0 Å². The number of carbonyl (C=O) groups is 2. The highest BCUT2D eigenvalue weighted by Gasteiger charge is 2.57. The first-order valence-corrected chi connectivity index (χ1v) is 14.9. The molecule has 4 atom stereocenters. The lowest BCUT2D eigenvalue weighted by atomic mass is 9.58. The molecule has 1 saturated carbocycles. The molecule has 2 aromatic rings. The first-order valence-electron chi connectivity index (χ1n) is 14.9. The lowest BCUT2D eigenvalue weighted by Crippen LogP contribution is -2.46. The van der Waals surface area contributed by atoms with E-state index in [2.05, 4.69) is 25.1 Å². The van der Waals surface area contributed by atoms with Crippen LogP contribution in [-0.4, -0.2) is 46.1 Å². The number of allylic oxidation sites excluding steroid dienone is 2. The van der Waals surface area contributed by atoms with Gasteiger partial charge in [0.2, 0.25) is 11.8 Å². The zero-order valence-corrected chi connectivity index (χ0v) is 23.2. The summed E-state index contributed by atoms with van der Waals surface area (Å²) in [7, 11) is -0.960. The smallest absolute Gasteiger partial charge is 0.455 e. The minimum Gasteiger partial charge on any atom is -0.508 e. The highest BCUT2D eigenvalue weighted by molar-refractivity contribution is 6.43. The summed E-state index contributed by atoms with van der Waals surface area (Å²) in [5.41, 5.74) is 5.49. The number of hydrogen-bond donors (Lipinski definition) is 2. The zero-order chi connectivity index (χ0) is 27.8. The van der Waals surface area contributed by atoms with Gasteiger partial charge in [-0.05, 0) is 85.7 Å². The van der Waals surface area contributed by atoms with Gasteiger partial charge in [-0.3, -0.25) is 14.5 Å². The predicted octanol–water partition coefficient (Wildman–Crippen LogP) is 5.86. The van der Waals surface area contributed by atoms with E-state index in [-0.39, 0.29) is 41.5 Å². The average Bonchev–Trinajstić information content (AvgIpc) is 3.21. The molecule has 3 fully saturated rings. The molecule has 0 radical (unpaired) electrons. The normalized spacial score (nSPS) is 27.7. The summed E-state index contributed by atoms with van der Waals surface area (Å²) in [6.07, 6.45) is 9.26. The van der Waals surface area contributed by atoms with E-state index in [0.29, 0.717) is 25.6 Å². The fourth-order valence-corrected chi connectivity index (χ4v) is 7.65. The van der Waals surface area contributed by atoms with Crippen molar-refractivity contribution >= 4 is 30.6 Å². The molecule has 208 valence electrons. The monoisotopic (exact) mass is 539 g/mol. The third-order valence-electron chi connectivity index (χ3n) is 9.48. The average molecular weight is 539 g/mol. The molecule has 4 aliphatic rings. The van der Waals surface area contributed by atoms with Crippen LogP contribution in [0.2, 0.25) is 6.32 Å². The molecule has 0 spiro atoms. The van der Waals surface area contributed by atoms with E-state index in [1.165, 1.54) is 6.42 Å². The number of benzene rings is 2. The van der Waals surface area contributed by atoms with Crippen LogP contribution in [0.1, 0.15) is 69.4 Å². The lowest BCUT2D eigenvalue weighted by molar-refractivity contribution is -0.143. The number of amides is 2. The quantitative estimate of drug-likeness (QED) is 0.208. The molecule has 0 bridgehead atoms. The molecule has 2 saturated heterocycles. The summed E-state index contributed by atoms with van der Waals surface area (Å²) in [4.78, 5) is 29.0. The van der Waals surface area contributed by atoms with Gasteiger partial charge in [0.05, 0.1) is 17.9 Å². The molecule has 6 nitrogen and oxygen atoms in total. The van der Waals surface area contributed by atoms with Gasteiger partial charge in [-0.1, -0.05) is 73.4 Å². The first-order chi connectivity index (χ1) is 19.4. The molecule has 2 aromatic carbocycles. The van der Waals surface area contributed by atoms with Crippen molar-refractivity contribution in [2.45, 2.75) is 76.8 Å². The summed E-state index contributed by atoms with van der Waals surface area (Å²) in [6.45, 7) is 2.08. The van der Waals surface area contributed by atoms with Gasteiger partial charge < -0.3 is 14.8 Å². The Bertz CT molecular complexity index is 1310. The van der Waals surface area contributed by atoms with E-state index in [4.69, 9.17) is 4.65 Å². The number of carbonyl (C=O) groups excluding carboxylic acids is 2. The number of phenolic OH excluding ortho intramolecular Hbond substituents is 1. The van der Waals surface area contributed by atoms with Crippen LogP contribution in [0, 0.1) is 17.8 Å². The van der Waals surface area contributed by atoms with Crippen molar-refractivity contribution in [2.24, 2.45) is 17.8 Å². The summed E-state index contributed by atoms with van der Waals surface area (Å²) < 4.78 is 6.16. The Balaban J connectivity index is 1.26. The van der Waals surface area contributed by atoms with Gasteiger partial charge in [-0.25, -0.2) is 0 Å². The Morgan fingerprint density at radius 1 is 1.00 bits per heavy atom. The van der Waals surface area contributed by atoms with Crippen LogP contribution in [0.5, 0.6) is 5.75 Å². The van der Waals surface area contributed by atoms with Gasteiger partial charge in [-0.15, -0.1) is 0 Å². The van der Waals surface area contributed by atoms with E-state index in [9.17, 15) is 19.7 Å².